The van der Waals surface area contributed by atoms with Crippen LogP contribution in [0.25, 0.3) is 21.3 Å². The van der Waals surface area contributed by atoms with Crippen LogP contribution in [0.5, 0.6) is 5.75 Å². The van der Waals surface area contributed by atoms with Crippen molar-refractivity contribution in [2.75, 3.05) is 12.4 Å². The van der Waals surface area contributed by atoms with Crippen LogP contribution in [-0.2, 0) is 0 Å². The highest BCUT2D eigenvalue weighted by Crippen LogP contribution is 2.38. The number of halogens is 1. The Balaban J connectivity index is 1.81. The second-order valence-corrected chi connectivity index (χ2v) is 6.71. The minimum absolute atomic E-state index is 0.677. The van der Waals surface area contributed by atoms with Crippen molar-refractivity contribution in [2.45, 2.75) is 0 Å². The first-order valence-corrected chi connectivity index (χ1v) is 8.89. The molecule has 0 amide bonds. The lowest BCUT2D eigenvalue weighted by Crippen LogP contribution is -1.95. The van der Waals surface area contributed by atoms with Gasteiger partial charge in [-0.15, -0.1) is 11.3 Å². The summed E-state index contributed by atoms with van der Waals surface area (Å²) in [6, 6.07) is 15.6. The monoisotopic (exact) mass is 367 g/mol. The normalized spacial score (nSPS) is 10.8. The van der Waals surface area contributed by atoms with Crippen molar-refractivity contribution in [3.05, 3.63) is 65.3 Å². The fraction of sp³-hybridized carbons (Fsp3) is 0.0526. The van der Waals surface area contributed by atoms with Crippen molar-refractivity contribution in [3.8, 4) is 16.9 Å². The van der Waals surface area contributed by atoms with Crippen molar-refractivity contribution in [1.82, 2.24) is 9.97 Å². The number of thiophene rings is 1. The zero-order valence-corrected chi connectivity index (χ0v) is 14.9. The minimum Gasteiger partial charge on any atom is -0.497 e. The first-order chi connectivity index (χ1) is 12.2. The van der Waals surface area contributed by atoms with Crippen molar-refractivity contribution in [3.63, 3.8) is 0 Å². The average Bonchev–Trinajstić information content (AvgIpc) is 3.07. The maximum absolute atomic E-state index is 6.08. The number of nitrogens with one attached hydrogen (secondary N) is 1. The second kappa shape index (κ2) is 6.70. The molecule has 0 bridgehead atoms. The Bertz CT molecular complexity index is 1030. The molecule has 0 aliphatic rings. The van der Waals surface area contributed by atoms with E-state index < -0.39 is 0 Å². The SMILES string of the molecule is COc1ccc(-c2csc3ncnc(Nc4cccc(Cl)c4)c23)cc1. The summed E-state index contributed by atoms with van der Waals surface area (Å²) in [6.07, 6.45) is 1.57. The number of ether oxygens (including phenoxy) is 1. The van der Waals surface area contributed by atoms with Crippen LogP contribution in [0, 0.1) is 0 Å². The molecular weight excluding hydrogens is 354 g/mol. The van der Waals surface area contributed by atoms with Crippen LogP contribution < -0.4 is 10.1 Å². The van der Waals surface area contributed by atoms with E-state index in [-0.39, 0.29) is 0 Å². The second-order valence-electron chi connectivity index (χ2n) is 5.42. The maximum Gasteiger partial charge on any atom is 0.143 e. The summed E-state index contributed by atoms with van der Waals surface area (Å²) in [5, 5.41) is 7.13. The molecule has 2 heterocycles. The van der Waals surface area contributed by atoms with Crippen LogP contribution >= 0.6 is 22.9 Å². The molecular formula is C19H14ClN3OS. The zero-order valence-electron chi connectivity index (χ0n) is 13.4. The largest absolute Gasteiger partial charge is 0.497 e. The first kappa shape index (κ1) is 15.9. The van der Waals surface area contributed by atoms with E-state index in [4.69, 9.17) is 16.3 Å². The van der Waals surface area contributed by atoms with Crippen molar-refractivity contribution in [1.29, 1.82) is 0 Å². The molecule has 0 unspecified atom stereocenters. The maximum atomic E-state index is 6.08. The summed E-state index contributed by atoms with van der Waals surface area (Å²) in [5.74, 6) is 1.59. The molecule has 4 rings (SSSR count). The van der Waals surface area contributed by atoms with Gasteiger partial charge < -0.3 is 10.1 Å². The molecule has 0 aliphatic carbocycles. The minimum atomic E-state index is 0.677. The van der Waals surface area contributed by atoms with Gasteiger partial charge in [0.1, 0.15) is 22.7 Å². The molecule has 0 saturated heterocycles. The number of anilines is 2. The summed E-state index contributed by atoms with van der Waals surface area (Å²) < 4.78 is 5.24. The van der Waals surface area contributed by atoms with E-state index in [1.807, 2.05) is 48.5 Å². The molecule has 4 nitrogen and oxygen atoms in total. The van der Waals surface area contributed by atoms with E-state index in [1.165, 1.54) is 0 Å². The lowest BCUT2D eigenvalue weighted by Gasteiger charge is -2.09. The van der Waals surface area contributed by atoms with Gasteiger partial charge in [-0.3, -0.25) is 0 Å². The topological polar surface area (TPSA) is 47.0 Å². The quantitative estimate of drug-likeness (QED) is 0.497. The summed E-state index contributed by atoms with van der Waals surface area (Å²) in [4.78, 5) is 9.77. The van der Waals surface area contributed by atoms with Crippen molar-refractivity contribution < 1.29 is 4.74 Å². The van der Waals surface area contributed by atoms with Crippen LogP contribution in [0.4, 0.5) is 11.5 Å². The standard InChI is InChI=1S/C19H14ClN3OS/c1-24-15-7-5-12(6-8-15)16-10-25-19-17(16)18(21-11-22-19)23-14-4-2-3-13(20)9-14/h2-11H,1H3,(H,21,22,23). The summed E-state index contributed by atoms with van der Waals surface area (Å²) in [7, 11) is 1.66. The van der Waals surface area contributed by atoms with E-state index >= 15 is 0 Å². The Kier molecular flexibility index (Phi) is 4.26. The van der Waals surface area contributed by atoms with Gasteiger partial charge in [0.15, 0.2) is 0 Å². The summed E-state index contributed by atoms with van der Waals surface area (Å²) in [6.45, 7) is 0. The number of nitrogens with zero attached hydrogens (tertiary/aromatic N) is 2. The number of rotatable bonds is 4. The van der Waals surface area contributed by atoms with E-state index in [1.54, 1.807) is 24.8 Å². The lowest BCUT2D eigenvalue weighted by molar-refractivity contribution is 0.415. The Morgan fingerprint density at radius 3 is 2.68 bits per heavy atom. The van der Waals surface area contributed by atoms with Gasteiger partial charge >= 0.3 is 0 Å². The highest BCUT2D eigenvalue weighted by Gasteiger charge is 2.13. The van der Waals surface area contributed by atoms with Crippen molar-refractivity contribution in [2.24, 2.45) is 0 Å². The van der Waals surface area contributed by atoms with Crippen LogP contribution in [0.2, 0.25) is 5.02 Å². The number of benzene rings is 2. The highest BCUT2D eigenvalue weighted by molar-refractivity contribution is 7.17. The third-order valence-electron chi connectivity index (χ3n) is 3.86. The molecule has 0 radical (unpaired) electrons. The van der Waals surface area contributed by atoms with E-state index in [2.05, 4.69) is 20.7 Å². The number of hydrogen-bond donors (Lipinski definition) is 1. The van der Waals surface area contributed by atoms with Crippen LogP contribution in [0.3, 0.4) is 0 Å². The Morgan fingerprint density at radius 1 is 1.08 bits per heavy atom. The van der Waals surface area contributed by atoms with Gasteiger partial charge in [0.2, 0.25) is 0 Å². The summed E-state index contributed by atoms with van der Waals surface area (Å²) in [5.41, 5.74) is 3.07. The third kappa shape index (κ3) is 3.16. The number of hydrogen-bond acceptors (Lipinski definition) is 5. The highest BCUT2D eigenvalue weighted by atomic mass is 35.5. The van der Waals surface area contributed by atoms with Gasteiger partial charge in [-0.25, -0.2) is 9.97 Å². The Labute approximate surface area is 154 Å². The number of fused-ring (bicyclic) bond motifs is 1. The lowest BCUT2D eigenvalue weighted by atomic mass is 10.1. The molecule has 1 N–H and O–H groups in total. The van der Waals surface area contributed by atoms with Crippen molar-refractivity contribution >= 4 is 44.7 Å². The molecule has 2 aromatic heterocycles. The molecule has 0 fully saturated rings. The molecule has 0 spiro atoms. The first-order valence-electron chi connectivity index (χ1n) is 7.64. The van der Waals surface area contributed by atoms with E-state index in [9.17, 15) is 0 Å². The van der Waals surface area contributed by atoms with Gasteiger partial charge in [0.25, 0.3) is 0 Å². The number of methoxy groups -OCH3 is 1. The molecule has 0 atom stereocenters. The summed E-state index contributed by atoms with van der Waals surface area (Å²) >= 11 is 7.68. The number of aromatic nitrogens is 2. The zero-order chi connectivity index (χ0) is 17.2. The third-order valence-corrected chi connectivity index (χ3v) is 4.98. The molecule has 6 heteroatoms. The molecule has 25 heavy (non-hydrogen) atoms. The van der Waals surface area contributed by atoms with E-state index in [0.717, 1.165) is 38.6 Å². The molecule has 4 aromatic rings. The van der Waals surface area contributed by atoms with Crippen LogP contribution in [-0.4, -0.2) is 17.1 Å². The van der Waals surface area contributed by atoms with Gasteiger partial charge in [-0.1, -0.05) is 29.8 Å². The molecule has 0 saturated carbocycles. The molecule has 124 valence electrons. The smallest absolute Gasteiger partial charge is 0.143 e. The van der Waals surface area contributed by atoms with E-state index in [0.29, 0.717) is 5.02 Å². The Hall–Kier alpha value is -2.63. The predicted molar refractivity (Wildman–Crippen MR) is 104 cm³/mol. The van der Waals surface area contributed by atoms with Crippen LogP contribution in [0.15, 0.2) is 60.2 Å². The Morgan fingerprint density at radius 2 is 1.92 bits per heavy atom. The van der Waals surface area contributed by atoms with Gasteiger partial charge in [0.05, 0.1) is 12.5 Å². The van der Waals surface area contributed by atoms with Crippen LogP contribution in [0.1, 0.15) is 0 Å². The average molecular weight is 368 g/mol. The van der Waals surface area contributed by atoms with Gasteiger partial charge in [-0.05, 0) is 35.9 Å². The fourth-order valence-corrected chi connectivity index (χ4v) is 3.76. The van der Waals surface area contributed by atoms with Gasteiger partial charge in [-0.2, -0.15) is 0 Å². The predicted octanol–water partition coefficient (Wildman–Crippen LogP) is 5.76. The molecule has 2 aromatic carbocycles. The molecule has 0 aliphatic heterocycles. The fourth-order valence-electron chi connectivity index (χ4n) is 2.66. The van der Waals surface area contributed by atoms with Gasteiger partial charge in [0, 0.05) is 21.7 Å².